The molecule has 1 saturated heterocycles. The van der Waals surface area contributed by atoms with Gasteiger partial charge in [0.2, 0.25) is 11.8 Å². The van der Waals surface area contributed by atoms with E-state index >= 15 is 0 Å². The molecule has 0 aromatic carbocycles. The number of amides is 3. The minimum absolute atomic E-state index is 0.0239. The van der Waals surface area contributed by atoms with E-state index in [1.165, 1.54) is 0 Å². The lowest BCUT2D eigenvalue weighted by molar-refractivity contribution is -0.141. The van der Waals surface area contributed by atoms with Crippen molar-refractivity contribution >= 4 is 17.7 Å². The highest BCUT2D eigenvalue weighted by atomic mass is 16.2. The highest BCUT2D eigenvalue weighted by molar-refractivity contribution is 5.93. The van der Waals surface area contributed by atoms with Gasteiger partial charge in [0.15, 0.2) is 0 Å². The van der Waals surface area contributed by atoms with Crippen molar-refractivity contribution < 1.29 is 14.4 Å². The Morgan fingerprint density at radius 3 is 2.54 bits per heavy atom. The summed E-state index contributed by atoms with van der Waals surface area (Å²) < 4.78 is 1.92. The molecule has 2 aliphatic rings. The Labute approximate surface area is 154 Å². The number of rotatable bonds is 2. The van der Waals surface area contributed by atoms with Crippen molar-refractivity contribution in [2.45, 2.75) is 32.7 Å². The second-order valence-electron chi connectivity index (χ2n) is 7.57. The van der Waals surface area contributed by atoms with Gasteiger partial charge in [-0.1, -0.05) is 0 Å². The third-order valence-corrected chi connectivity index (χ3v) is 5.59. The molecule has 3 amide bonds. The molecule has 0 N–H and O–H groups in total. The van der Waals surface area contributed by atoms with Crippen LogP contribution in [0.1, 0.15) is 41.5 Å². The molecule has 2 aliphatic heterocycles. The number of carbonyl (C=O) groups excluding carboxylic acids is 3. The van der Waals surface area contributed by atoms with Gasteiger partial charge in [-0.2, -0.15) is 0 Å². The van der Waals surface area contributed by atoms with Crippen LogP contribution in [-0.4, -0.2) is 70.7 Å². The van der Waals surface area contributed by atoms with E-state index in [0.717, 1.165) is 37.1 Å². The summed E-state index contributed by atoms with van der Waals surface area (Å²) in [4.78, 5) is 42.2. The highest BCUT2D eigenvalue weighted by Crippen LogP contribution is 2.26. The monoisotopic (exact) mass is 360 g/mol. The summed E-state index contributed by atoms with van der Waals surface area (Å²) >= 11 is 0. The molecular weight excluding hydrogens is 332 g/mol. The van der Waals surface area contributed by atoms with Crippen molar-refractivity contribution in [2.24, 2.45) is 13.0 Å². The molecule has 0 saturated carbocycles. The summed E-state index contributed by atoms with van der Waals surface area (Å²) in [5, 5.41) is 0. The number of nitrogens with zero attached hydrogens (tertiary/aromatic N) is 4. The predicted octanol–water partition coefficient (Wildman–Crippen LogP) is 0.870. The third-order valence-electron chi connectivity index (χ3n) is 5.59. The van der Waals surface area contributed by atoms with Crippen molar-refractivity contribution in [2.75, 3.05) is 33.7 Å². The highest BCUT2D eigenvalue weighted by Gasteiger charge is 2.33. The summed E-state index contributed by atoms with van der Waals surface area (Å²) in [5.74, 6) is 0.0301. The fourth-order valence-electron chi connectivity index (χ4n) is 3.99. The van der Waals surface area contributed by atoms with Crippen LogP contribution in [0.3, 0.4) is 0 Å². The van der Waals surface area contributed by atoms with Crippen molar-refractivity contribution in [3.63, 3.8) is 0 Å². The number of aromatic nitrogens is 1. The number of hydrogen-bond donors (Lipinski definition) is 0. The Bertz CT molecular complexity index is 737. The molecule has 0 spiro atoms. The predicted molar refractivity (Wildman–Crippen MR) is 97.5 cm³/mol. The normalized spacial score (nSPS) is 19.9. The molecule has 0 bridgehead atoms. The van der Waals surface area contributed by atoms with E-state index in [-0.39, 0.29) is 23.6 Å². The average molecular weight is 360 g/mol. The molecule has 0 aliphatic carbocycles. The standard InChI is InChI=1S/C19H28N4O3/c1-13(24)22-8-5-6-15(11-22)18(25)23-9-7-14-10-16(19(26)20(2)3)21(4)17(14)12-23/h10,15H,5-9,11-12H2,1-4H3/t15-/m1/s1. The summed E-state index contributed by atoms with van der Waals surface area (Å²) in [6.07, 6.45) is 2.48. The second-order valence-corrected chi connectivity index (χ2v) is 7.57. The Kier molecular flexibility index (Phi) is 5.07. The van der Waals surface area contributed by atoms with Crippen LogP contribution in [-0.2, 0) is 29.6 Å². The minimum Gasteiger partial charge on any atom is -0.343 e. The van der Waals surface area contributed by atoms with Crippen LogP contribution in [0.5, 0.6) is 0 Å². The maximum atomic E-state index is 13.0. The van der Waals surface area contributed by atoms with Crippen LogP contribution in [0.2, 0.25) is 0 Å². The van der Waals surface area contributed by atoms with Crippen LogP contribution in [0, 0.1) is 5.92 Å². The van der Waals surface area contributed by atoms with Crippen LogP contribution >= 0.6 is 0 Å². The first-order valence-corrected chi connectivity index (χ1v) is 9.23. The molecule has 26 heavy (non-hydrogen) atoms. The van der Waals surface area contributed by atoms with Crippen LogP contribution in [0.25, 0.3) is 0 Å². The zero-order valence-electron chi connectivity index (χ0n) is 16.1. The second kappa shape index (κ2) is 7.13. The average Bonchev–Trinajstić information content (AvgIpc) is 2.96. The first kappa shape index (κ1) is 18.5. The molecule has 1 aromatic heterocycles. The van der Waals surface area contributed by atoms with Gasteiger partial charge < -0.3 is 19.3 Å². The summed E-state index contributed by atoms with van der Waals surface area (Å²) in [5.41, 5.74) is 2.85. The molecule has 142 valence electrons. The first-order chi connectivity index (χ1) is 12.3. The Balaban J connectivity index is 1.75. The molecule has 1 aromatic rings. The largest absolute Gasteiger partial charge is 0.343 e. The van der Waals surface area contributed by atoms with Gasteiger partial charge in [-0.15, -0.1) is 0 Å². The number of piperidine rings is 1. The summed E-state index contributed by atoms with van der Waals surface area (Å²) in [6, 6.07) is 1.96. The molecule has 7 nitrogen and oxygen atoms in total. The zero-order chi connectivity index (χ0) is 19.0. The lowest BCUT2D eigenvalue weighted by Gasteiger charge is -2.36. The van der Waals surface area contributed by atoms with E-state index in [2.05, 4.69) is 0 Å². The molecule has 0 radical (unpaired) electrons. The van der Waals surface area contributed by atoms with Crippen molar-refractivity contribution in [3.8, 4) is 0 Å². The molecular formula is C19H28N4O3. The van der Waals surface area contributed by atoms with Gasteiger partial charge in [-0.3, -0.25) is 14.4 Å². The smallest absolute Gasteiger partial charge is 0.269 e. The van der Waals surface area contributed by atoms with Crippen LogP contribution < -0.4 is 0 Å². The fraction of sp³-hybridized carbons (Fsp3) is 0.632. The topological polar surface area (TPSA) is 65.9 Å². The molecule has 1 fully saturated rings. The fourth-order valence-corrected chi connectivity index (χ4v) is 3.99. The third kappa shape index (κ3) is 3.34. The van der Waals surface area contributed by atoms with Gasteiger partial charge in [0.1, 0.15) is 5.69 Å². The number of likely N-dealkylation sites (tertiary alicyclic amines) is 1. The summed E-state index contributed by atoms with van der Waals surface area (Å²) in [7, 11) is 5.38. The number of hydrogen-bond acceptors (Lipinski definition) is 3. The van der Waals surface area contributed by atoms with Crippen molar-refractivity contribution in [1.82, 2.24) is 19.3 Å². The Hall–Kier alpha value is -2.31. The van der Waals surface area contributed by atoms with Crippen LogP contribution in [0.4, 0.5) is 0 Å². The van der Waals surface area contributed by atoms with E-state index in [1.54, 1.807) is 30.8 Å². The number of fused-ring (bicyclic) bond motifs is 1. The lowest BCUT2D eigenvalue weighted by Crippen LogP contribution is -2.47. The number of carbonyl (C=O) groups is 3. The minimum atomic E-state index is -0.114. The van der Waals surface area contributed by atoms with Gasteiger partial charge in [0.05, 0.1) is 12.5 Å². The van der Waals surface area contributed by atoms with E-state index in [0.29, 0.717) is 25.3 Å². The van der Waals surface area contributed by atoms with E-state index in [4.69, 9.17) is 0 Å². The van der Waals surface area contributed by atoms with E-state index in [1.807, 2.05) is 22.6 Å². The maximum Gasteiger partial charge on any atom is 0.269 e. The SMILES string of the molecule is CC(=O)N1CCC[C@@H](C(=O)N2CCc3cc(C(=O)N(C)C)n(C)c3C2)C1. The van der Waals surface area contributed by atoms with Crippen molar-refractivity contribution in [1.29, 1.82) is 0 Å². The molecule has 1 atom stereocenters. The Morgan fingerprint density at radius 1 is 1.15 bits per heavy atom. The maximum absolute atomic E-state index is 13.0. The van der Waals surface area contributed by atoms with Gasteiger partial charge >= 0.3 is 0 Å². The first-order valence-electron chi connectivity index (χ1n) is 9.23. The van der Waals surface area contributed by atoms with Crippen molar-refractivity contribution in [3.05, 3.63) is 23.0 Å². The van der Waals surface area contributed by atoms with Gasteiger partial charge in [-0.05, 0) is 30.9 Å². The molecule has 0 unspecified atom stereocenters. The Morgan fingerprint density at radius 2 is 1.88 bits per heavy atom. The molecule has 3 rings (SSSR count). The van der Waals surface area contributed by atoms with Crippen LogP contribution in [0.15, 0.2) is 6.07 Å². The van der Waals surface area contributed by atoms with Gasteiger partial charge in [-0.25, -0.2) is 0 Å². The van der Waals surface area contributed by atoms with Gasteiger partial charge in [0.25, 0.3) is 5.91 Å². The quantitative estimate of drug-likeness (QED) is 0.786. The summed E-state index contributed by atoms with van der Waals surface area (Å²) in [6.45, 7) is 4.03. The van der Waals surface area contributed by atoms with E-state index in [9.17, 15) is 14.4 Å². The molecule has 7 heteroatoms. The lowest BCUT2D eigenvalue weighted by atomic mass is 9.95. The molecule has 3 heterocycles. The zero-order valence-corrected chi connectivity index (χ0v) is 16.1. The van der Waals surface area contributed by atoms with Gasteiger partial charge in [0, 0.05) is 53.4 Å². The van der Waals surface area contributed by atoms with E-state index < -0.39 is 0 Å².